The number of hydrogen-bond acceptors (Lipinski definition) is 13. The van der Waals surface area contributed by atoms with Gasteiger partial charge in [0.1, 0.15) is 0 Å². The summed E-state index contributed by atoms with van der Waals surface area (Å²) < 4.78 is 71.9. The largest absolute Gasteiger partial charge is 0.414 e. The summed E-state index contributed by atoms with van der Waals surface area (Å²) in [5.74, 6) is 0. The summed E-state index contributed by atoms with van der Waals surface area (Å²) in [6.07, 6.45) is 0.231. The molecule has 0 aliphatic heterocycles. The molecule has 0 aromatic rings. The van der Waals surface area contributed by atoms with Gasteiger partial charge in [0.15, 0.2) is 8.32 Å². The highest BCUT2D eigenvalue weighted by Crippen LogP contribution is 2.36. The molecule has 0 amide bonds. The Morgan fingerprint density at radius 3 is 0.723 bits per heavy atom. The molecular formula is C33H70O13Si. The van der Waals surface area contributed by atoms with Gasteiger partial charge in [0.25, 0.3) is 0 Å². The van der Waals surface area contributed by atoms with E-state index in [1.807, 2.05) is 13.8 Å². The lowest BCUT2D eigenvalue weighted by Gasteiger charge is -2.36. The molecular weight excluding hydrogens is 632 g/mol. The second kappa shape index (κ2) is 34.2. The van der Waals surface area contributed by atoms with Crippen molar-refractivity contribution >= 4 is 8.32 Å². The van der Waals surface area contributed by atoms with Crippen LogP contribution in [0.2, 0.25) is 18.1 Å². The fraction of sp³-hybridized carbons (Fsp3) is 1.00. The van der Waals surface area contributed by atoms with Crippen molar-refractivity contribution in [2.75, 3.05) is 159 Å². The van der Waals surface area contributed by atoms with Gasteiger partial charge in [-0.3, -0.25) is 0 Å². The lowest BCUT2D eigenvalue weighted by Crippen LogP contribution is -2.41. The Kier molecular flexibility index (Phi) is 33.9. The van der Waals surface area contributed by atoms with E-state index in [0.29, 0.717) is 159 Å². The first kappa shape index (κ1) is 46.7. The van der Waals surface area contributed by atoms with Gasteiger partial charge in [-0.25, -0.2) is 0 Å². The van der Waals surface area contributed by atoms with E-state index >= 15 is 0 Å². The molecule has 0 radical (unpaired) electrons. The van der Waals surface area contributed by atoms with Gasteiger partial charge in [0.05, 0.1) is 165 Å². The maximum Gasteiger partial charge on any atom is 0.192 e. The van der Waals surface area contributed by atoms with E-state index in [1.54, 1.807) is 0 Å². The molecule has 0 heterocycles. The lowest BCUT2D eigenvalue weighted by atomic mass is 10.2. The van der Waals surface area contributed by atoms with Crippen LogP contribution in [-0.2, 0) is 61.3 Å². The standard InChI is InChI=1S/C33H70O13Si/c1-32(2)45-30-28-43-26-24-41-22-20-39-18-16-37-14-12-35-10-8-34-9-11-36-13-15-38-17-19-40-21-23-42-25-27-44-29-31-46-47(6,7)33(3,4)5/h32H,8-31H2,1-7H3. The van der Waals surface area contributed by atoms with E-state index in [4.69, 9.17) is 61.3 Å². The Balaban J connectivity index is 3.12. The minimum absolute atomic E-state index is 0.217. The van der Waals surface area contributed by atoms with Crippen LogP contribution in [0, 0.1) is 0 Å². The van der Waals surface area contributed by atoms with Gasteiger partial charge in [-0.2, -0.15) is 0 Å². The molecule has 0 bridgehead atoms. The first-order valence-corrected chi connectivity index (χ1v) is 20.2. The monoisotopic (exact) mass is 702 g/mol. The molecule has 284 valence electrons. The lowest BCUT2D eigenvalue weighted by molar-refractivity contribution is -0.0294. The second-order valence-corrected chi connectivity index (χ2v) is 17.1. The minimum atomic E-state index is -1.70. The van der Waals surface area contributed by atoms with Crippen LogP contribution >= 0.6 is 0 Å². The van der Waals surface area contributed by atoms with E-state index in [0.717, 1.165) is 0 Å². The van der Waals surface area contributed by atoms with E-state index in [-0.39, 0.29) is 11.1 Å². The second-order valence-electron chi connectivity index (χ2n) is 12.3. The maximum absolute atomic E-state index is 6.08. The molecule has 0 saturated heterocycles. The van der Waals surface area contributed by atoms with Crippen molar-refractivity contribution in [1.29, 1.82) is 0 Å². The summed E-state index contributed by atoms with van der Waals surface area (Å²) >= 11 is 0. The zero-order chi connectivity index (χ0) is 34.7. The minimum Gasteiger partial charge on any atom is -0.414 e. The van der Waals surface area contributed by atoms with Crippen molar-refractivity contribution in [1.82, 2.24) is 0 Å². The highest BCUT2D eigenvalue weighted by atomic mass is 28.4. The van der Waals surface area contributed by atoms with Crippen molar-refractivity contribution in [3.8, 4) is 0 Å². The zero-order valence-corrected chi connectivity index (χ0v) is 31.9. The number of hydrogen-bond donors (Lipinski definition) is 0. The van der Waals surface area contributed by atoms with Crippen molar-refractivity contribution in [3.05, 3.63) is 0 Å². The molecule has 47 heavy (non-hydrogen) atoms. The molecule has 0 fully saturated rings. The Labute approximate surface area is 286 Å². The van der Waals surface area contributed by atoms with E-state index in [9.17, 15) is 0 Å². The Morgan fingerprint density at radius 2 is 0.532 bits per heavy atom. The molecule has 0 unspecified atom stereocenters. The molecule has 0 atom stereocenters. The summed E-state index contributed by atoms with van der Waals surface area (Å²) in [7, 11) is -1.70. The van der Waals surface area contributed by atoms with Crippen LogP contribution in [0.5, 0.6) is 0 Å². The van der Waals surface area contributed by atoms with Crippen LogP contribution < -0.4 is 0 Å². The van der Waals surface area contributed by atoms with Crippen LogP contribution in [0.3, 0.4) is 0 Å². The number of ether oxygens (including phenoxy) is 12. The molecule has 0 aliphatic rings. The predicted octanol–water partition coefficient (Wildman–Crippen LogP) is 3.62. The van der Waals surface area contributed by atoms with Gasteiger partial charge < -0.3 is 61.3 Å². The normalized spacial score (nSPS) is 12.5. The maximum atomic E-state index is 6.08. The summed E-state index contributed by atoms with van der Waals surface area (Å²) in [6, 6.07) is 0. The van der Waals surface area contributed by atoms with E-state index < -0.39 is 8.32 Å². The fourth-order valence-corrected chi connectivity index (χ4v) is 4.24. The number of rotatable bonds is 38. The SMILES string of the molecule is CC(C)OCCOCCOCCOCCOCCOCCOCCOCCOCCOCCOCCOCCO[Si](C)(C)C(C)(C)C. The van der Waals surface area contributed by atoms with Crippen molar-refractivity contribution in [2.24, 2.45) is 0 Å². The molecule has 0 aromatic carbocycles. The molecule has 0 N–H and O–H groups in total. The third-order valence-electron chi connectivity index (χ3n) is 6.90. The average molecular weight is 703 g/mol. The van der Waals surface area contributed by atoms with Crippen LogP contribution in [0.1, 0.15) is 34.6 Å². The van der Waals surface area contributed by atoms with E-state index in [1.165, 1.54) is 0 Å². The van der Waals surface area contributed by atoms with Crippen molar-refractivity contribution in [2.45, 2.75) is 58.9 Å². The topological polar surface area (TPSA) is 120 Å². The zero-order valence-electron chi connectivity index (χ0n) is 30.9. The van der Waals surface area contributed by atoms with Crippen molar-refractivity contribution < 1.29 is 61.3 Å². The van der Waals surface area contributed by atoms with Gasteiger partial charge in [-0.05, 0) is 32.0 Å². The van der Waals surface area contributed by atoms with E-state index in [2.05, 4.69) is 33.9 Å². The van der Waals surface area contributed by atoms with Crippen LogP contribution in [0.25, 0.3) is 0 Å². The summed E-state index contributed by atoms with van der Waals surface area (Å²) in [5.41, 5.74) is 0. The molecule has 0 rings (SSSR count). The highest BCUT2D eigenvalue weighted by molar-refractivity contribution is 6.74. The van der Waals surface area contributed by atoms with Crippen LogP contribution in [-0.4, -0.2) is 173 Å². The van der Waals surface area contributed by atoms with Gasteiger partial charge in [-0.1, -0.05) is 20.8 Å². The Bertz CT molecular complexity index is 624. The first-order valence-electron chi connectivity index (χ1n) is 17.3. The van der Waals surface area contributed by atoms with Gasteiger partial charge in [-0.15, -0.1) is 0 Å². The fourth-order valence-electron chi connectivity index (χ4n) is 3.22. The molecule has 0 saturated carbocycles. The van der Waals surface area contributed by atoms with Gasteiger partial charge in [0.2, 0.25) is 0 Å². The predicted molar refractivity (Wildman–Crippen MR) is 183 cm³/mol. The Hall–Kier alpha value is -0.303. The third-order valence-corrected chi connectivity index (χ3v) is 11.4. The molecule has 14 heteroatoms. The molecule has 0 spiro atoms. The van der Waals surface area contributed by atoms with Gasteiger partial charge in [0, 0.05) is 0 Å². The quantitative estimate of drug-likeness (QED) is 0.0689. The third kappa shape index (κ3) is 35.3. The van der Waals surface area contributed by atoms with Gasteiger partial charge >= 0.3 is 0 Å². The smallest absolute Gasteiger partial charge is 0.192 e. The molecule has 0 aliphatic carbocycles. The summed E-state index contributed by atoms with van der Waals surface area (Å²) in [6.45, 7) is 28.2. The molecule has 13 nitrogen and oxygen atoms in total. The summed E-state index contributed by atoms with van der Waals surface area (Å²) in [4.78, 5) is 0. The van der Waals surface area contributed by atoms with Crippen LogP contribution in [0.15, 0.2) is 0 Å². The Morgan fingerprint density at radius 1 is 0.340 bits per heavy atom. The van der Waals surface area contributed by atoms with Crippen molar-refractivity contribution in [3.63, 3.8) is 0 Å². The highest BCUT2D eigenvalue weighted by Gasteiger charge is 2.36. The molecule has 0 aromatic heterocycles. The summed E-state index contributed by atoms with van der Waals surface area (Å²) in [5, 5.41) is 0.217. The van der Waals surface area contributed by atoms with Crippen LogP contribution in [0.4, 0.5) is 0 Å². The first-order chi connectivity index (χ1) is 22.7. The average Bonchev–Trinajstić information content (AvgIpc) is 3.01.